The molecule has 1 aliphatic heterocycles. The molecule has 1 aromatic rings. The van der Waals surface area contributed by atoms with Crippen LogP contribution in [0, 0.1) is 3.70 Å². The van der Waals surface area contributed by atoms with E-state index >= 15 is 0 Å². The first-order chi connectivity index (χ1) is 7.27. The van der Waals surface area contributed by atoms with Crippen molar-refractivity contribution in [1.82, 2.24) is 9.66 Å². The molecule has 0 aromatic carbocycles. The largest absolute Gasteiger partial charge is 0.381 e. The van der Waals surface area contributed by atoms with Crippen molar-refractivity contribution in [3.8, 4) is 0 Å². The van der Waals surface area contributed by atoms with E-state index in [1.807, 2.05) is 4.68 Å². The number of halogens is 2. The Morgan fingerprint density at radius 1 is 1.47 bits per heavy atom. The van der Waals surface area contributed by atoms with Crippen LogP contribution in [0.1, 0.15) is 36.7 Å². The summed E-state index contributed by atoms with van der Waals surface area (Å²) in [5.74, 6) is 2.30. The molecule has 1 aromatic heterocycles. The Morgan fingerprint density at radius 2 is 2.27 bits per heavy atom. The highest BCUT2D eigenvalue weighted by Gasteiger charge is 2.29. The molecule has 2 heterocycles. The van der Waals surface area contributed by atoms with Gasteiger partial charge in [-0.25, -0.2) is 9.66 Å². The van der Waals surface area contributed by atoms with Crippen molar-refractivity contribution in [2.24, 2.45) is 12.2 Å². The molecule has 1 fully saturated rings. The maximum absolute atomic E-state index is 5.87. The van der Waals surface area contributed by atoms with Crippen molar-refractivity contribution in [1.29, 1.82) is 0 Å². The SMILES string of the molecule is NC1=NI=Nn2c(C3CCC3)nc(I)c21. The molecule has 15 heavy (non-hydrogen) atoms. The van der Waals surface area contributed by atoms with Crippen molar-refractivity contribution < 1.29 is 0 Å². The highest BCUT2D eigenvalue weighted by Crippen LogP contribution is 2.37. The minimum atomic E-state index is -0.517. The van der Waals surface area contributed by atoms with E-state index in [9.17, 15) is 0 Å². The fourth-order valence-corrected chi connectivity index (χ4v) is 3.69. The molecule has 3 rings (SSSR count). The predicted octanol–water partition coefficient (Wildman–Crippen LogP) is 2.31. The van der Waals surface area contributed by atoms with Crippen molar-refractivity contribution in [3.05, 3.63) is 15.2 Å². The summed E-state index contributed by atoms with van der Waals surface area (Å²) in [6, 6.07) is 0. The molecule has 0 amide bonds. The first-order valence-corrected chi connectivity index (χ1v) is 7.75. The molecule has 0 atom stereocenters. The Bertz CT molecular complexity index is 472. The molecular weight excluding hydrogens is 420 g/mol. The topological polar surface area (TPSA) is 68.6 Å². The number of hydrogen-bond donors (Lipinski definition) is 1. The summed E-state index contributed by atoms with van der Waals surface area (Å²) < 4.78 is 11.6. The van der Waals surface area contributed by atoms with Gasteiger partial charge in [0.2, 0.25) is 0 Å². The lowest BCUT2D eigenvalue weighted by molar-refractivity contribution is 0.392. The summed E-state index contributed by atoms with van der Waals surface area (Å²) in [6.07, 6.45) is 3.77. The van der Waals surface area contributed by atoms with E-state index in [-0.39, 0.29) is 0 Å². The summed E-state index contributed by atoms with van der Waals surface area (Å²) in [7, 11) is 0. The second kappa shape index (κ2) is 3.75. The predicted molar refractivity (Wildman–Crippen MR) is 74.1 cm³/mol. The molecule has 80 valence electrons. The Balaban J connectivity index is 2.15. The number of nitrogens with zero attached hydrogens (tertiary/aromatic N) is 4. The van der Waals surface area contributed by atoms with Crippen molar-refractivity contribution >= 4 is 49.7 Å². The fourth-order valence-electron chi connectivity index (χ4n) is 1.76. The number of hydrogen-bond acceptors (Lipinski definition) is 4. The number of rotatable bonds is 1. The maximum Gasteiger partial charge on any atom is 0.167 e. The molecule has 1 aliphatic carbocycles. The minimum Gasteiger partial charge on any atom is -0.381 e. The van der Waals surface area contributed by atoms with Gasteiger partial charge in [-0.3, -0.25) is 0 Å². The summed E-state index contributed by atoms with van der Waals surface area (Å²) in [5.41, 5.74) is 6.78. The minimum absolute atomic E-state index is 0.517. The van der Waals surface area contributed by atoms with Crippen molar-refractivity contribution in [2.75, 3.05) is 0 Å². The molecule has 0 saturated heterocycles. The highest BCUT2D eigenvalue weighted by atomic mass is 127. The van der Waals surface area contributed by atoms with Gasteiger partial charge in [0, 0.05) is 5.92 Å². The van der Waals surface area contributed by atoms with Crippen LogP contribution >= 0.6 is 43.9 Å². The summed E-state index contributed by atoms with van der Waals surface area (Å²) in [4.78, 5) is 4.58. The van der Waals surface area contributed by atoms with Crippen LogP contribution in [0.4, 0.5) is 0 Å². The molecule has 0 radical (unpaired) electrons. The van der Waals surface area contributed by atoms with Gasteiger partial charge in [0.1, 0.15) is 15.2 Å². The van der Waals surface area contributed by atoms with Crippen molar-refractivity contribution in [2.45, 2.75) is 25.2 Å². The third kappa shape index (κ3) is 1.54. The summed E-state index contributed by atoms with van der Waals surface area (Å²) >= 11 is 1.70. The third-order valence-electron chi connectivity index (χ3n) is 2.79. The normalized spacial score (nSPS) is 20.2. The summed E-state index contributed by atoms with van der Waals surface area (Å²) in [6.45, 7) is 0. The van der Waals surface area contributed by atoms with Crippen LogP contribution in [0.2, 0.25) is 0 Å². The summed E-state index contributed by atoms with van der Waals surface area (Å²) in [5, 5.41) is 0. The van der Waals surface area contributed by atoms with Gasteiger partial charge in [0.15, 0.2) is 27.1 Å². The lowest BCUT2D eigenvalue weighted by Gasteiger charge is -2.24. The maximum atomic E-state index is 5.87. The van der Waals surface area contributed by atoms with E-state index in [0.29, 0.717) is 11.8 Å². The van der Waals surface area contributed by atoms with Crippen LogP contribution in [0.25, 0.3) is 0 Å². The number of aromatic nitrogens is 2. The average Bonchev–Trinajstić information content (AvgIpc) is 2.43. The Morgan fingerprint density at radius 3 is 2.93 bits per heavy atom. The number of imidazole rings is 1. The van der Waals surface area contributed by atoms with Gasteiger partial charge in [0.05, 0.1) is 0 Å². The average molecular weight is 429 g/mol. The Kier molecular flexibility index (Phi) is 2.53. The van der Waals surface area contributed by atoms with E-state index < -0.39 is 21.3 Å². The van der Waals surface area contributed by atoms with E-state index in [4.69, 9.17) is 5.73 Å². The standard InChI is InChI=1S/C8H9I2N5/c9-6-5-7(11)13-10-14-15(5)8(12-6)4-2-1-3-4/h4H,1-3H2,(H2,11,13,14). The molecule has 0 bridgehead atoms. The van der Waals surface area contributed by atoms with Crippen LogP contribution in [0.5, 0.6) is 0 Å². The number of amidine groups is 1. The molecular formula is C8H9I2N5. The van der Waals surface area contributed by atoms with Gasteiger partial charge < -0.3 is 5.73 Å². The molecule has 0 spiro atoms. The monoisotopic (exact) mass is 429 g/mol. The van der Waals surface area contributed by atoms with Crippen LogP contribution in [0.15, 0.2) is 6.46 Å². The van der Waals surface area contributed by atoms with E-state index in [1.165, 1.54) is 19.3 Å². The van der Waals surface area contributed by atoms with Gasteiger partial charge in [-0.15, -0.1) is 3.25 Å². The quantitative estimate of drug-likeness (QED) is 0.697. The Hall–Kier alpha value is -0.0600. The molecule has 2 aliphatic rings. The van der Waals surface area contributed by atoms with E-state index in [0.717, 1.165) is 15.2 Å². The second-order valence-electron chi connectivity index (χ2n) is 3.67. The first kappa shape index (κ1) is 10.1. The fraction of sp³-hybridized carbons (Fsp3) is 0.500. The van der Waals surface area contributed by atoms with Gasteiger partial charge in [-0.2, -0.15) is 3.21 Å². The first-order valence-electron chi connectivity index (χ1n) is 4.74. The highest BCUT2D eigenvalue weighted by molar-refractivity contribution is 14.1. The molecule has 2 N–H and O–H groups in total. The van der Waals surface area contributed by atoms with Crippen LogP contribution in [0.3, 0.4) is 0 Å². The zero-order valence-electron chi connectivity index (χ0n) is 7.82. The third-order valence-corrected chi connectivity index (χ3v) is 4.90. The Labute approximate surface area is 111 Å². The van der Waals surface area contributed by atoms with Crippen LogP contribution < -0.4 is 5.73 Å². The molecule has 0 unspecified atom stereocenters. The van der Waals surface area contributed by atoms with Crippen LogP contribution in [-0.4, -0.2) is 15.5 Å². The van der Waals surface area contributed by atoms with Gasteiger partial charge in [0.25, 0.3) is 0 Å². The zero-order chi connectivity index (χ0) is 10.4. The van der Waals surface area contributed by atoms with Gasteiger partial charge >= 0.3 is 0 Å². The van der Waals surface area contributed by atoms with Gasteiger partial charge in [-0.1, -0.05) is 6.42 Å². The van der Waals surface area contributed by atoms with Crippen molar-refractivity contribution in [3.63, 3.8) is 0 Å². The van der Waals surface area contributed by atoms with E-state index in [1.54, 1.807) is 0 Å². The lowest BCUT2D eigenvalue weighted by Crippen LogP contribution is -2.21. The zero-order valence-corrected chi connectivity index (χ0v) is 12.1. The smallest absolute Gasteiger partial charge is 0.167 e. The number of nitrogens with two attached hydrogens (primary N) is 1. The molecule has 1 saturated carbocycles. The second-order valence-corrected chi connectivity index (χ2v) is 6.04. The lowest BCUT2D eigenvalue weighted by atomic mass is 9.85. The van der Waals surface area contributed by atoms with Gasteiger partial charge in [-0.05, 0) is 35.4 Å². The molecule has 5 nitrogen and oxygen atoms in total. The number of fused-ring (bicyclic) bond motifs is 1. The van der Waals surface area contributed by atoms with Crippen LogP contribution in [-0.2, 0) is 0 Å². The molecule has 7 heteroatoms. The van der Waals surface area contributed by atoms with E-state index in [2.05, 4.69) is 34.0 Å².